The van der Waals surface area contributed by atoms with Crippen LogP contribution in [0.3, 0.4) is 0 Å². The van der Waals surface area contributed by atoms with Crippen molar-refractivity contribution in [3.63, 3.8) is 0 Å². The van der Waals surface area contributed by atoms with Crippen molar-refractivity contribution in [2.75, 3.05) is 0 Å². The van der Waals surface area contributed by atoms with Gasteiger partial charge in [0.2, 0.25) is 0 Å². The van der Waals surface area contributed by atoms with Crippen molar-refractivity contribution >= 4 is 45.5 Å². The number of carbonyl (C=O) groups is 3. The second-order valence-electron chi connectivity index (χ2n) is 5.40. The van der Waals surface area contributed by atoms with Crippen molar-refractivity contribution in [3.8, 4) is 0 Å². The fourth-order valence-corrected chi connectivity index (χ4v) is 3.07. The topological polar surface area (TPSA) is 112 Å². The van der Waals surface area contributed by atoms with Gasteiger partial charge >= 0.3 is 17.9 Å². The molecule has 0 heterocycles. The fourth-order valence-electron chi connectivity index (χ4n) is 3.07. The summed E-state index contributed by atoms with van der Waals surface area (Å²) in [5.74, 6) is -4.64. The Labute approximate surface area is 141 Å². The van der Waals surface area contributed by atoms with E-state index < -0.39 is 34.6 Å². The third-order valence-electron chi connectivity index (χ3n) is 4.06. The lowest BCUT2D eigenvalue weighted by atomic mass is 9.87. The Morgan fingerprint density at radius 1 is 0.760 bits per heavy atom. The first-order valence-corrected chi connectivity index (χ1v) is 7.21. The van der Waals surface area contributed by atoms with E-state index in [1.807, 2.05) is 0 Å². The Kier molecular flexibility index (Phi) is 3.73. The van der Waals surface area contributed by atoms with Gasteiger partial charge in [-0.2, -0.15) is 0 Å². The van der Waals surface area contributed by atoms with Crippen molar-refractivity contribution in [3.05, 3.63) is 65.2 Å². The van der Waals surface area contributed by atoms with E-state index in [0.717, 1.165) is 5.39 Å². The fraction of sp³-hybridized carbons (Fsp3) is 0. The molecular formula is C19H12O6. The van der Waals surface area contributed by atoms with Gasteiger partial charge in [-0.1, -0.05) is 36.9 Å². The lowest BCUT2D eigenvalue weighted by Gasteiger charge is -2.15. The van der Waals surface area contributed by atoms with Crippen LogP contribution in [-0.2, 0) is 0 Å². The maximum Gasteiger partial charge on any atom is 0.337 e. The molecule has 6 nitrogen and oxygen atoms in total. The van der Waals surface area contributed by atoms with Gasteiger partial charge in [-0.25, -0.2) is 14.4 Å². The Hall–Kier alpha value is -3.67. The number of rotatable bonds is 4. The molecule has 0 saturated carbocycles. The predicted molar refractivity (Wildman–Crippen MR) is 92.4 cm³/mol. The number of aromatic carboxylic acids is 3. The van der Waals surface area contributed by atoms with Crippen LogP contribution in [0.2, 0.25) is 0 Å². The molecule has 0 radical (unpaired) electrons. The molecule has 3 aromatic carbocycles. The molecule has 25 heavy (non-hydrogen) atoms. The lowest BCUT2D eigenvalue weighted by molar-refractivity contribution is 0.0634. The number of benzene rings is 3. The van der Waals surface area contributed by atoms with Crippen LogP contribution < -0.4 is 0 Å². The Morgan fingerprint density at radius 3 is 1.68 bits per heavy atom. The molecular weight excluding hydrogens is 324 g/mol. The molecule has 0 amide bonds. The monoisotopic (exact) mass is 336 g/mol. The van der Waals surface area contributed by atoms with Crippen molar-refractivity contribution in [1.82, 2.24) is 0 Å². The van der Waals surface area contributed by atoms with E-state index in [9.17, 15) is 29.7 Å². The highest BCUT2D eigenvalue weighted by atomic mass is 16.4. The molecule has 0 unspecified atom stereocenters. The van der Waals surface area contributed by atoms with Crippen LogP contribution in [0, 0.1) is 0 Å². The number of hydrogen-bond donors (Lipinski definition) is 3. The van der Waals surface area contributed by atoms with Gasteiger partial charge in [0.05, 0.1) is 16.7 Å². The summed E-state index contributed by atoms with van der Waals surface area (Å²) in [6, 6.07) is 10.3. The Morgan fingerprint density at radius 2 is 1.24 bits per heavy atom. The Balaban J connectivity index is 2.71. The summed E-state index contributed by atoms with van der Waals surface area (Å²) in [7, 11) is 0. The molecule has 0 aliphatic heterocycles. The minimum absolute atomic E-state index is 0.0793. The molecule has 0 aliphatic carbocycles. The lowest BCUT2D eigenvalue weighted by Crippen LogP contribution is -2.17. The first-order chi connectivity index (χ1) is 11.9. The zero-order chi connectivity index (χ0) is 18.3. The number of fused-ring (bicyclic) bond motifs is 2. The van der Waals surface area contributed by atoms with E-state index in [-0.39, 0.29) is 10.9 Å². The summed E-state index contributed by atoms with van der Waals surface area (Å²) < 4.78 is 0. The average Bonchev–Trinajstić information content (AvgIpc) is 2.57. The highest BCUT2D eigenvalue weighted by molar-refractivity contribution is 6.21. The number of hydrogen-bond acceptors (Lipinski definition) is 3. The summed E-state index contributed by atoms with van der Waals surface area (Å²) in [6.07, 6.45) is 1.23. The van der Waals surface area contributed by atoms with Gasteiger partial charge in [0.15, 0.2) is 0 Å². The van der Waals surface area contributed by atoms with E-state index in [2.05, 4.69) is 6.58 Å². The van der Waals surface area contributed by atoms with Crippen LogP contribution in [0.25, 0.3) is 27.6 Å². The summed E-state index contributed by atoms with van der Waals surface area (Å²) in [6.45, 7) is 3.58. The molecule has 0 atom stereocenters. The average molecular weight is 336 g/mol. The van der Waals surface area contributed by atoms with Crippen LogP contribution in [0.5, 0.6) is 0 Å². The largest absolute Gasteiger partial charge is 0.478 e. The number of carboxylic acids is 3. The third-order valence-corrected chi connectivity index (χ3v) is 4.06. The molecule has 3 aromatic rings. The Bertz CT molecular complexity index is 1090. The third kappa shape index (κ3) is 2.40. The SMILES string of the molecule is C=Cc1c(C(=O)O)c(C(=O)O)c(C(=O)O)c2cc3ccccc3cc12. The number of carboxylic acid groups (broad SMARTS) is 3. The van der Waals surface area contributed by atoms with E-state index in [1.165, 1.54) is 6.08 Å². The normalized spacial score (nSPS) is 10.7. The summed E-state index contributed by atoms with van der Waals surface area (Å²) in [4.78, 5) is 35.1. The summed E-state index contributed by atoms with van der Waals surface area (Å²) >= 11 is 0. The minimum Gasteiger partial charge on any atom is -0.478 e. The quantitative estimate of drug-likeness (QED) is 0.626. The summed E-state index contributed by atoms with van der Waals surface area (Å²) in [5.41, 5.74) is -1.80. The maximum absolute atomic E-state index is 11.8. The van der Waals surface area contributed by atoms with Crippen LogP contribution in [0.15, 0.2) is 43.0 Å². The molecule has 0 fully saturated rings. The molecule has 0 aromatic heterocycles. The first kappa shape index (κ1) is 16.2. The molecule has 0 saturated heterocycles. The van der Waals surface area contributed by atoms with Gasteiger partial charge in [-0.3, -0.25) is 0 Å². The van der Waals surface area contributed by atoms with Gasteiger partial charge in [-0.05, 0) is 39.2 Å². The highest BCUT2D eigenvalue weighted by Crippen LogP contribution is 2.35. The zero-order valence-corrected chi connectivity index (χ0v) is 12.8. The van der Waals surface area contributed by atoms with E-state index in [0.29, 0.717) is 10.8 Å². The molecule has 6 heteroatoms. The predicted octanol–water partition coefficient (Wildman–Crippen LogP) is 3.73. The molecule has 3 N–H and O–H groups in total. The standard InChI is InChI=1S/C19H12O6/c1-2-11-12-7-9-5-3-4-6-10(9)8-13(12)15(18(22)23)16(19(24)25)14(11)17(20)21/h2-8H,1H2,(H,20,21)(H,22,23)(H,24,25). The van der Waals surface area contributed by atoms with Gasteiger partial charge < -0.3 is 15.3 Å². The maximum atomic E-state index is 11.8. The van der Waals surface area contributed by atoms with Crippen LogP contribution in [-0.4, -0.2) is 33.2 Å². The van der Waals surface area contributed by atoms with E-state index >= 15 is 0 Å². The molecule has 0 spiro atoms. The first-order valence-electron chi connectivity index (χ1n) is 7.21. The zero-order valence-electron chi connectivity index (χ0n) is 12.8. The van der Waals surface area contributed by atoms with Gasteiger partial charge in [0.25, 0.3) is 0 Å². The smallest absolute Gasteiger partial charge is 0.337 e. The van der Waals surface area contributed by atoms with Crippen molar-refractivity contribution < 1.29 is 29.7 Å². The van der Waals surface area contributed by atoms with Gasteiger partial charge in [0, 0.05) is 0 Å². The van der Waals surface area contributed by atoms with Crippen molar-refractivity contribution in [2.24, 2.45) is 0 Å². The molecule has 0 aliphatic rings. The van der Waals surface area contributed by atoms with Crippen molar-refractivity contribution in [2.45, 2.75) is 0 Å². The van der Waals surface area contributed by atoms with Crippen molar-refractivity contribution in [1.29, 1.82) is 0 Å². The molecule has 0 bridgehead atoms. The van der Waals surface area contributed by atoms with E-state index in [4.69, 9.17) is 0 Å². The van der Waals surface area contributed by atoms with Gasteiger partial charge in [0.1, 0.15) is 0 Å². The van der Waals surface area contributed by atoms with Crippen LogP contribution in [0.4, 0.5) is 0 Å². The highest BCUT2D eigenvalue weighted by Gasteiger charge is 2.30. The van der Waals surface area contributed by atoms with Gasteiger partial charge in [-0.15, -0.1) is 0 Å². The summed E-state index contributed by atoms with van der Waals surface area (Å²) in [5, 5.41) is 30.5. The van der Waals surface area contributed by atoms with Crippen LogP contribution in [0.1, 0.15) is 36.6 Å². The molecule has 3 rings (SSSR count). The van der Waals surface area contributed by atoms with E-state index in [1.54, 1.807) is 36.4 Å². The second-order valence-corrected chi connectivity index (χ2v) is 5.40. The van der Waals surface area contributed by atoms with Crippen LogP contribution >= 0.6 is 0 Å². The second kappa shape index (κ2) is 5.76. The minimum atomic E-state index is -1.62. The molecule has 124 valence electrons.